The zero-order chi connectivity index (χ0) is 9.10. The summed E-state index contributed by atoms with van der Waals surface area (Å²) < 4.78 is 0. The van der Waals surface area contributed by atoms with Crippen LogP contribution < -0.4 is 5.73 Å². The molecule has 0 aromatic carbocycles. The first-order chi connectivity index (χ1) is 6.40. The Morgan fingerprint density at radius 2 is 2.31 bits per heavy atom. The Hall–Kier alpha value is -1.62. The summed E-state index contributed by atoms with van der Waals surface area (Å²) in [5.41, 5.74) is 7.29. The van der Waals surface area contributed by atoms with Crippen LogP contribution in [0.25, 0.3) is 11.4 Å². The van der Waals surface area contributed by atoms with E-state index in [1.165, 1.54) is 0 Å². The molecule has 4 N–H and O–H groups in total. The second-order valence-corrected chi connectivity index (χ2v) is 2.75. The second-order valence-electron chi connectivity index (χ2n) is 2.75. The van der Waals surface area contributed by atoms with Crippen LogP contribution in [0.15, 0.2) is 18.5 Å². The third kappa shape index (κ3) is 1.59. The fourth-order valence-electron chi connectivity index (χ4n) is 1.17. The number of nitrogens with zero attached hydrogens (tertiary/aromatic N) is 2. The van der Waals surface area contributed by atoms with Gasteiger partial charge in [-0.2, -0.15) is 5.10 Å². The lowest BCUT2D eigenvalue weighted by atomic mass is 10.3. The van der Waals surface area contributed by atoms with Crippen molar-refractivity contribution in [2.24, 2.45) is 5.73 Å². The van der Waals surface area contributed by atoms with Gasteiger partial charge in [0.1, 0.15) is 5.82 Å². The van der Waals surface area contributed by atoms with Crippen LogP contribution >= 0.6 is 0 Å². The van der Waals surface area contributed by atoms with Crippen LogP contribution in [0, 0.1) is 0 Å². The highest BCUT2D eigenvalue weighted by Crippen LogP contribution is 2.12. The Kier molecular flexibility index (Phi) is 2.09. The standard InChI is InChI=1S/C8H11N5/c9-3-1-8-10-5-7(12-8)6-2-4-11-13-6/h2,4-5H,1,3,9H2,(H,10,12)(H,11,13). The lowest BCUT2D eigenvalue weighted by Gasteiger charge is -1.91. The summed E-state index contributed by atoms with van der Waals surface area (Å²) in [7, 11) is 0. The van der Waals surface area contributed by atoms with Crippen molar-refractivity contribution < 1.29 is 0 Å². The first kappa shape index (κ1) is 8.00. The molecule has 0 aliphatic heterocycles. The first-order valence-corrected chi connectivity index (χ1v) is 4.14. The number of hydrogen-bond acceptors (Lipinski definition) is 3. The molecular weight excluding hydrogens is 166 g/mol. The SMILES string of the molecule is NCCc1ncc(-c2ccn[nH]2)[nH]1. The smallest absolute Gasteiger partial charge is 0.107 e. The molecule has 2 aromatic rings. The normalized spacial score (nSPS) is 10.5. The molecule has 0 radical (unpaired) electrons. The summed E-state index contributed by atoms with van der Waals surface area (Å²) in [4.78, 5) is 7.33. The minimum Gasteiger partial charge on any atom is -0.341 e. The molecule has 5 heteroatoms. The average Bonchev–Trinajstić information content (AvgIpc) is 2.70. The molecule has 2 rings (SSSR count). The Labute approximate surface area is 75.4 Å². The molecule has 2 aromatic heterocycles. The summed E-state index contributed by atoms with van der Waals surface area (Å²) in [6.07, 6.45) is 4.26. The number of aromatic amines is 2. The lowest BCUT2D eigenvalue weighted by Crippen LogP contribution is -2.03. The van der Waals surface area contributed by atoms with Crippen LogP contribution in [0.2, 0.25) is 0 Å². The zero-order valence-electron chi connectivity index (χ0n) is 7.12. The van der Waals surface area contributed by atoms with Gasteiger partial charge in [0.25, 0.3) is 0 Å². The number of hydrogen-bond donors (Lipinski definition) is 3. The van der Waals surface area contributed by atoms with Crippen LogP contribution in [-0.2, 0) is 6.42 Å². The van der Waals surface area contributed by atoms with Gasteiger partial charge in [-0.1, -0.05) is 0 Å². The van der Waals surface area contributed by atoms with Gasteiger partial charge in [-0.3, -0.25) is 5.10 Å². The van der Waals surface area contributed by atoms with Crippen molar-refractivity contribution in [3.05, 3.63) is 24.3 Å². The monoisotopic (exact) mass is 177 g/mol. The van der Waals surface area contributed by atoms with Crippen LogP contribution in [0.4, 0.5) is 0 Å². The predicted molar refractivity (Wildman–Crippen MR) is 48.9 cm³/mol. The molecule has 0 spiro atoms. The number of H-pyrrole nitrogens is 2. The molecule has 13 heavy (non-hydrogen) atoms. The molecule has 0 atom stereocenters. The van der Waals surface area contributed by atoms with Gasteiger partial charge in [-0.15, -0.1) is 0 Å². The van der Waals surface area contributed by atoms with Crippen molar-refractivity contribution in [1.29, 1.82) is 0 Å². The van der Waals surface area contributed by atoms with Crippen molar-refractivity contribution in [2.45, 2.75) is 6.42 Å². The molecule has 0 unspecified atom stereocenters. The molecule has 68 valence electrons. The minimum atomic E-state index is 0.607. The Morgan fingerprint density at radius 3 is 3.00 bits per heavy atom. The van der Waals surface area contributed by atoms with Gasteiger partial charge in [-0.05, 0) is 12.6 Å². The maximum absolute atomic E-state index is 5.41. The second kappa shape index (κ2) is 3.40. The van der Waals surface area contributed by atoms with E-state index < -0.39 is 0 Å². The van der Waals surface area contributed by atoms with E-state index in [0.717, 1.165) is 23.6 Å². The lowest BCUT2D eigenvalue weighted by molar-refractivity contribution is 0.894. The highest BCUT2D eigenvalue weighted by atomic mass is 15.1. The van der Waals surface area contributed by atoms with E-state index in [2.05, 4.69) is 20.2 Å². The molecule has 2 heterocycles. The fraction of sp³-hybridized carbons (Fsp3) is 0.250. The van der Waals surface area contributed by atoms with Crippen molar-refractivity contribution in [1.82, 2.24) is 20.2 Å². The zero-order valence-corrected chi connectivity index (χ0v) is 7.12. The Bertz CT molecular complexity index is 362. The number of nitrogens with two attached hydrogens (primary N) is 1. The Balaban J connectivity index is 2.23. The van der Waals surface area contributed by atoms with Crippen molar-refractivity contribution in [2.75, 3.05) is 6.54 Å². The first-order valence-electron chi connectivity index (χ1n) is 4.14. The van der Waals surface area contributed by atoms with E-state index in [4.69, 9.17) is 5.73 Å². The van der Waals surface area contributed by atoms with E-state index >= 15 is 0 Å². The summed E-state index contributed by atoms with van der Waals surface area (Å²) in [6.45, 7) is 0.607. The van der Waals surface area contributed by atoms with Gasteiger partial charge in [0.2, 0.25) is 0 Å². The molecule has 0 aliphatic carbocycles. The highest BCUT2D eigenvalue weighted by molar-refractivity contribution is 5.51. The number of imidazole rings is 1. The van der Waals surface area contributed by atoms with Gasteiger partial charge in [0.05, 0.1) is 17.6 Å². The van der Waals surface area contributed by atoms with Crippen molar-refractivity contribution in [3.63, 3.8) is 0 Å². The van der Waals surface area contributed by atoms with E-state index in [-0.39, 0.29) is 0 Å². The van der Waals surface area contributed by atoms with Crippen LogP contribution in [0.5, 0.6) is 0 Å². The van der Waals surface area contributed by atoms with E-state index in [9.17, 15) is 0 Å². The average molecular weight is 177 g/mol. The highest BCUT2D eigenvalue weighted by Gasteiger charge is 2.02. The van der Waals surface area contributed by atoms with E-state index in [1.54, 1.807) is 12.4 Å². The van der Waals surface area contributed by atoms with Crippen LogP contribution in [-0.4, -0.2) is 26.7 Å². The molecule has 0 fully saturated rings. The van der Waals surface area contributed by atoms with E-state index in [0.29, 0.717) is 6.54 Å². The topological polar surface area (TPSA) is 83.4 Å². The summed E-state index contributed by atoms with van der Waals surface area (Å²) in [5.74, 6) is 0.909. The van der Waals surface area contributed by atoms with Crippen LogP contribution in [0.1, 0.15) is 5.82 Å². The fourth-order valence-corrected chi connectivity index (χ4v) is 1.17. The van der Waals surface area contributed by atoms with Crippen molar-refractivity contribution >= 4 is 0 Å². The molecule has 0 bridgehead atoms. The molecule has 5 nitrogen and oxygen atoms in total. The maximum Gasteiger partial charge on any atom is 0.107 e. The predicted octanol–water partition coefficient (Wildman–Crippen LogP) is 0.301. The third-order valence-electron chi connectivity index (χ3n) is 1.80. The molecule has 0 saturated heterocycles. The number of aromatic nitrogens is 4. The van der Waals surface area contributed by atoms with Gasteiger partial charge >= 0.3 is 0 Å². The number of nitrogens with one attached hydrogen (secondary N) is 2. The van der Waals surface area contributed by atoms with Crippen molar-refractivity contribution in [3.8, 4) is 11.4 Å². The summed E-state index contributed by atoms with van der Waals surface area (Å²) >= 11 is 0. The Morgan fingerprint density at radius 1 is 1.38 bits per heavy atom. The van der Waals surface area contributed by atoms with E-state index in [1.807, 2.05) is 6.07 Å². The number of rotatable bonds is 3. The summed E-state index contributed by atoms with van der Waals surface area (Å²) in [6, 6.07) is 1.89. The van der Waals surface area contributed by atoms with Gasteiger partial charge in [0.15, 0.2) is 0 Å². The quantitative estimate of drug-likeness (QED) is 0.630. The van der Waals surface area contributed by atoms with Gasteiger partial charge < -0.3 is 10.7 Å². The molecule has 0 saturated carbocycles. The van der Waals surface area contributed by atoms with Gasteiger partial charge in [-0.25, -0.2) is 4.98 Å². The molecule has 0 aliphatic rings. The van der Waals surface area contributed by atoms with Crippen LogP contribution in [0.3, 0.4) is 0 Å². The molecule has 0 amide bonds. The third-order valence-corrected chi connectivity index (χ3v) is 1.80. The summed E-state index contributed by atoms with van der Waals surface area (Å²) in [5, 5.41) is 6.71. The maximum atomic E-state index is 5.41. The largest absolute Gasteiger partial charge is 0.341 e. The molecular formula is C8H11N5. The minimum absolute atomic E-state index is 0.607. The van der Waals surface area contributed by atoms with Gasteiger partial charge in [0, 0.05) is 12.6 Å².